The zero-order chi connectivity index (χ0) is 16.2. The normalized spacial score (nSPS) is 9.33. The fourth-order valence-corrected chi connectivity index (χ4v) is 2.55. The molecule has 4 aromatic rings. The van der Waals surface area contributed by atoms with Crippen LogP contribution in [0.4, 0.5) is 0 Å². The van der Waals surface area contributed by atoms with Crippen LogP contribution in [0.15, 0.2) is 72.8 Å². The Morgan fingerprint density at radius 2 is 0.852 bits per heavy atom. The first-order valence-corrected chi connectivity index (χ1v) is 7.73. The summed E-state index contributed by atoms with van der Waals surface area (Å²) < 4.78 is 0. The van der Waals surface area contributed by atoms with E-state index in [9.17, 15) is 0 Å². The Bertz CT molecular complexity index is 870. The molecule has 27 heavy (non-hydrogen) atoms. The van der Waals surface area contributed by atoms with Crippen LogP contribution >= 0.6 is 0 Å². The molecule has 123 valence electrons. The van der Waals surface area contributed by atoms with E-state index < -0.39 is 0 Å². The van der Waals surface area contributed by atoms with Crippen molar-refractivity contribution in [2.45, 2.75) is 0 Å². The topological polar surface area (TPSA) is 0 Å². The molecule has 0 heterocycles. The minimum absolute atomic E-state index is 0. The second-order valence-electron chi connectivity index (χ2n) is 5.34. The first kappa shape index (κ1) is 25.2. The van der Waals surface area contributed by atoms with Crippen molar-refractivity contribution in [2.24, 2.45) is 0 Å². The van der Waals surface area contributed by atoms with Crippen LogP contribution < -0.4 is 0 Å². The average Bonchev–Trinajstić information content (AvgIpc) is 2.70. The molecule has 4 aromatic carbocycles. The van der Waals surface area contributed by atoms with Gasteiger partial charge in [0.25, 0.3) is 0 Å². The molecule has 0 bridgehead atoms. The molecule has 4 rings (SSSR count). The molecular formula is C24H12Y3-6. The minimum Gasteiger partial charge on any atom is -0.470 e. The molecule has 0 amide bonds. The molecule has 0 aromatic heterocycles. The van der Waals surface area contributed by atoms with E-state index in [1.54, 1.807) is 0 Å². The Kier molecular flexibility index (Phi) is 11.9. The number of hydrogen-bond acceptors (Lipinski definition) is 0. The van der Waals surface area contributed by atoms with E-state index in [4.69, 9.17) is 0 Å². The van der Waals surface area contributed by atoms with Gasteiger partial charge in [0.2, 0.25) is 0 Å². The van der Waals surface area contributed by atoms with Gasteiger partial charge in [0, 0.05) is 98.1 Å². The molecule has 0 aliphatic rings. The molecule has 3 radical (unpaired) electrons. The van der Waals surface area contributed by atoms with Crippen molar-refractivity contribution in [1.29, 1.82) is 0 Å². The fraction of sp³-hybridized carbons (Fsp3) is 0. The molecule has 0 fully saturated rings. The van der Waals surface area contributed by atoms with Gasteiger partial charge in [0.15, 0.2) is 0 Å². The zero-order valence-corrected chi connectivity index (χ0v) is 23.2. The van der Waals surface area contributed by atoms with E-state index >= 15 is 0 Å². The molecule has 0 atom stereocenters. The monoisotopic (exact) mass is 567 g/mol. The van der Waals surface area contributed by atoms with E-state index in [2.05, 4.69) is 36.4 Å². The average molecular weight is 567 g/mol. The molecule has 0 spiro atoms. The van der Waals surface area contributed by atoms with Gasteiger partial charge in [0.1, 0.15) is 0 Å². The molecular weight excluding hydrogens is 555 g/mol. The molecule has 0 saturated carbocycles. The Morgan fingerprint density at radius 3 is 1.22 bits per heavy atom. The second kappa shape index (κ2) is 12.7. The first-order chi connectivity index (χ1) is 11.9. The summed E-state index contributed by atoms with van der Waals surface area (Å²) in [5.74, 6) is 0. The first-order valence-electron chi connectivity index (χ1n) is 7.73. The van der Waals surface area contributed by atoms with Crippen LogP contribution in [0, 0.1) is 36.4 Å². The van der Waals surface area contributed by atoms with Gasteiger partial charge >= 0.3 is 0 Å². The van der Waals surface area contributed by atoms with Crippen LogP contribution in [0.5, 0.6) is 0 Å². The Morgan fingerprint density at radius 1 is 0.407 bits per heavy atom. The van der Waals surface area contributed by atoms with Gasteiger partial charge in [-0.25, -0.2) is 0 Å². The molecule has 0 saturated heterocycles. The third-order valence-electron chi connectivity index (χ3n) is 3.72. The molecule has 0 nitrogen and oxygen atoms in total. The van der Waals surface area contributed by atoms with Crippen molar-refractivity contribution >= 4 is 0 Å². The van der Waals surface area contributed by atoms with Gasteiger partial charge in [0.05, 0.1) is 0 Å². The minimum atomic E-state index is 0. The van der Waals surface area contributed by atoms with Crippen molar-refractivity contribution in [3.05, 3.63) is 109 Å². The summed E-state index contributed by atoms with van der Waals surface area (Å²) in [6.07, 6.45) is 0. The summed E-state index contributed by atoms with van der Waals surface area (Å²) >= 11 is 0. The van der Waals surface area contributed by atoms with Crippen molar-refractivity contribution in [1.82, 2.24) is 0 Å². The second-order valence-corrected chi connectivity index (χ2v) is 5.34. The molecule has 0 N–H and O–H groups in total. The van der Waals surface area contributed by atoms with Crippen molar-refractivity contribution in [3.8, 4) is 33.4 Å². The summed E-state index contributed by atoms with van der Waals surface area (Å²) in [5, 5.41) is 0. The summed E-state index contributed by atoms with van der Waals surface area (Å²) in [4.78, 5) is 0. The smallest absolute Gasteiger partial charge is 0 e. The van der Waals surface area contributed by atoms with Crippen LogP contribution in [0.25, 0.3) is 33.4 Å². The van der Waals surface area contributed by atoms with Gasteiger partial charge in [-0.1, -0.05) is 0 Å². The van der Waals surface area contributed by atoms with E-state index in [1.165, 1.54) is 0 Å². The summed E-state index contributed by atoms with van der Waals surface area (Å²) in [6.45, 7) is 0. The fourth-order valence-electron chi connectivity index (χ4n) is 2.55. The van der Waals surface area contributed by atoms with Crippen molar-refractivity contribution in [3.63, 3.8) is 0 Å². The summed E-state index contributed by atoms with van der Waals surface area (Å²) in [6, 6.07) is 43.3. The molecule has 0 aliphatic carbocycles. The third kappa shape index (κ3) is 6.60. The maximum Gasteiger partial charge on any atom is 0 e. The predicted octanol–water partition coefficient (Wildman–Crippen LogP) is 5.48. The Hall–Kier alpha value is 0.192. The van der Waals surface area contributed by atoms with Gasteiger partial charge in [-0.2, -0.15) is 11.1 Å². The SMILES string of the molecule is [Y].[Y].[Y].[c-]1ccc(-c2[c-]cccc2)[c-]c1-c1[c-]ccc(-c2[c-]cccc2)[c-]1. The van der Waals surface area contributed by atoms with Crippen molar-refractivity contribution in [2.75, 3.05) is 0 Å². The van der Waals surface area contributed by atoms with E-state index in [1.807, 2.05) is 72.8 Å². The Balaban J connectivity index is 0.00000121. The standard InChI is InChI=1S/C24H12.3Y/c1-3-9-19(10-4-1)21-13-7-15-23(17-21)24-16-8-14-22(18-24)20-11-5-2-6-12-20;;;/h1-9,11,13-14H;;;/q-6;;;. The van der Waals surface area contributed by atoms with Gasteiger partial charge in [-0.3, -0.25) is 35.4 Å². The number of benzene rings is 4. The van der Waals surface area contributed by atoms with Crippen LogP contribution in [-0.4, -0.2) is 0 Å². The van der Waals surface area contributed by atoms with Gasteiger partial charge in [-0.15, -0.1) is 60.7 Å². The third-order valence-corrected chi connectivity index (χ3v) is 3.72. The molecule has 0 unspecified atom stereocenters. The van der Waals surface area contributed by atoms with Crippen LogP contribution in [0.3, 0.4) is 0 Å². The van der Waals surface area contributed by atoms with Crippen molar-refractivity contribution < 1.29 is 98.1 Å². The number of rotatable bonds is 3. The van der Waals surface area contributed by atoms with Crippen LogP contribution in [0.2, 0.25) is 0 Å². The van der Waals surface area contributed by atoms with Crippen LogP contribution in [0.1, 0.15) is 0 Å². The van der Waals surface area contributed by atoms with E-state index in [-0.39, 0.29) is 98.1 Å². The van der Waals surface area contributed by atoms with Crippen LogP contribution in [-0.2, 0) is 98.1 Å². The predicted molar refractivity (Wildman–Crippen MR) is 95.8 cm³/mol. The van der Waals surface area contributed by atoms with Gasteiger partial charge in [-0.05, 0) is 0 Å². The molecule has 0 aliphatic heterocycles. The quantitative estimate of drug-likeness (QED) is 0.288. The molecule has 3 heteroatoms. The number of hydrogen-bond donors (Lipinski definition) is 0. The maximum absolute atomic E-state index is 3.40. The largest absolute Gasteiger partial charge is 0.470 e. The van der Waals surface area contributed by atoms with E-state index in [0.717, 1.165) is 33.4 Å². The van der Waals surface area contributed by atoms with Gasteiger partial charge < -0.3 is 35.4 Å². The van der Waals surface area contributed by atoms with E-state index in [0.29, 0.717) is 0 Å². The summed E-state index contributed by atoms with van der Waals surface area (Å²) in [7, 11) is 0. The zero-order valence-electron chi connectivity index (χ0n) is 14.7. The summed E-state index contributed by atoms with van der Waals surface area (Å²) in [5.41, 5.74) is 5.70. The maximum atomic E-state index is 3.40. The Labute approximate surface area is 237 Å².